The summed E-state index contributed by atoms with van der Waals surface area (Å²) in [6.45, 7) is -0.0221. The smallest absolute Gasteiger partial charge is 0.369 e. The van der Waals surface area contributed by atoms with Gasteiger partial charge in [0.1, 0.15) is 18.6 Å². The van der Waals surface area contributed by atoms with Gasteiger partial charge in [0.05, 0.1) is 6.93 Å². The molecule has 3 heterocycles. The van der Waals surface area contributed by atoms with Crippen LogP contribution in [0.2, 0.25) is 0 Å². The van der Waals surface area contributed by atoms with Crippen LogP contribution in [0.5, 0.6) is 5.19 Å². The van der Waals surface area contributed by atoms with Crippen molar-refractivity contribution in [2.24, 2.45) is 7.05 Å². The number of terminal acetylenes is 1. The summed E-state index contributed by atoms with van der Waals surface area (Å²) < 4.78 is 15.0. The summed E-state index contributed by atoms with van der Waals surface area (Å²) in [7, 11) is 1.47. The number of tetrazole rings is 1. The van der Waals surface area contributed by atoms with Gasteiger partial charge in [-0.05, 0) is 16.3 Å². The average molecular weight is 317 g/mol. The molecule has 0 saturated carbocycles. The normalized spacial score (nSPS) is 11.0. The lowest BCUT2D eigenvalue weighted by atomic mass is 10.2. The van der Waals surface area contributed by atoms with Crippen LogP contribution in [0.4, 0.5) is 0 Å². The molecule has 0 bridgehead atoms. The fourth-order valence-corrected chi connectivity index (χ4v) is 2.11. The van der Waals surface area contributed by atoms with Gasteiger partial charge in [-0.3, -0.25) is 0 Å². The van der Waals surface area contributed by atoms with Gasteiger partial charge < -0.3 is 4.74 Å². The Morgan fingerprint density at radius 2 is 2.32 bits per heavy atom. The van der Waals surface area contributed by atoms with Crippen molar-refractivity contribution >= 4 is 11.3 Å². The predicted octanol–water partition coefficient (Wildman–Crippen LogP) is -0.227. The van der Waals surface area contributed by atoms with E-state index in [2.05, 4.69) is 31.3 Å². The summed E-state index contributed by atoms with van der Waals surface area (Å²) in [6, 6.07) is 0. The van der Waals surface area contributed by atoms with Crippen LogP contribution >= 0.6 is 11.3 Å². The first-order valence-electron chi connectivity index (χ1n) is 6.45. The molecule has 0 radical (unpaired) electrons. The zero-order valence-electron chi connectivity index (χ0n) is 12.3. The molecule has 0 aliphatic carbocycles. The fraction of sp³-hybridized carbons (Fsp3) is 0.167. The highest BCUT2D eigenvalue weighted by atomic mass is 32.1. The van der Waals surface area contributed by atoms with Gasteiger partial charge >= 0.3 is 5.69 Å². The standard InChI is InChI=1S/C12H9N7O2S/c1-3-9-8(6-21-11-13-4-5-22-11)10(15-7-14-9)19-12(20)18(2)16-17-19/h1,4-5,7H,6H2,2H3/i4T. The Hall–Kier alpha value is -3.06. The molecule has 0 saturated heterocycles. The van der Waals surface area contributed by atoms with Gasteiger partial charge in [0, 0.05) is 18.6 Å². The van der Waals surface area contributed by atoms with Crippen LogP contribution in [0.1, 0.15) is 12.6 Å². The molecule has 0 N–H and O–H groups in total. The number of aromatic nitrogens is 7. The predicted molar refractivity (Wildman–Crippen MR) is 76.6 cm³/mol. The number of ether oxygens (including phenoxy) is 1. The van der Waals surface area contributed by atoms with Crippen molar-refractivity contribution in [1.82, 2.24) is 34.7 Å². The minimum Gasteiger partial charge on any atom is -0.465 e. The van der Waals surface area contributed by atoms with E-state index in [9.17, 15) is 4.79 Å². The van der Waals surface area contributed by atoms with Crippen LogP contribution in [-0.4, -0.2) is 34.7 Å². The van der Waals surface area contributed by atoms with Crippen molar-refractivity contribution in [3.05, 3.63) is 39.6 Å². The number of hydrogen-bond donors (Lipinski definition) is 0. The van der Waals surface area contributed by atoms with E-state index in [0.29, 0.717) is 10.8 Å². The summed E-state index contributed by atoms with van der Waals surface area (Å²) >= 11 is 1.18. The topological polar surface area (TPSA) is 101 Å². The van der Waals surface area contributed by atoms with Crippen LogP contribution in [0.3, 0.4) is 0 Å². The molecule has 0 spiro atoms. The van der Waals surface area contributed by atoms with Gasteiger partial charge in [0.2, 0.25) is 0 Å². The summed E-state index contributed by atoms with van der Waals surface area (Å²) in [5.74, 6) is 2.61. The molecule has 3 rings (SSSR count). The van der Waals surface area contributed by atoms with E-state index in [1.165, 1.54) is 30.1 Å². The first-order valence-corrected chi connectivity index (χ1v) is 6.83. The molecule has 0 unspecified atom stereocenters. The van der Waals surface area contributed by atoms with Gasteiger partial charge in [0.25, 0.3) is 5.19 Å². The molecule has 0 aliphatic heterocycles. The lowest BCUT2D eigenvalue weighted by molar-refractivity contribution is 0.302. The van der Waals surface area contributed by atoms with Crippen LogP contribution in [0.25, 0.3) is 5.82 Å². The summed E-state index contributed by atoms with van der Waals surface area (Å²) in [5, 5.41) is 9.22. The quantitative estimate of drug-likeness (QED) is 0.613. The molecular formula is C12H9N7O2S. The van der Waals surface area contributed by atoms with E-state index < -0.39 is 5.69 Å². The second-order valence-corrected chi connectivity index (χ2v) is 4.82. The molecular weight excluding hydrogens is 306 g/mol. The zero-order chi connectivity index (χ0) is 16.4. The van der Waals surface area contributed by atoms with Crippen LogP contribution in [-0.2, 0) is 13.7 Å². The number of rotatable bonds is 4. The molecule has 110 valence electrons. The second kappa shape index (κ2) is 5.74. The summed E-state index contributed by atoms with van der Waals surface area (Å²) in [4.78, 5) is 23.9. The monoisotopic (exact) mass is 317 g/mol. The molecule has 3 aromatic rings. The molecule has 0 atom stereocenters. The number of thiazole rings is 1. The molecule has 0 fully saturated rings. The highest BCUT2D eigenvalue weighted by molar-refractivity contribution is 7.11. The maximum atomic E-state index is 12.0. The number of nitrogens with zero attached hydrogens (tertiary/aromatic N) is 7. The molecule has 9 nitrogen and oxygen atoms in total. The molecule has 0 amide bonds. The first-order chi connectivity index (χ1) is 11.1. The maximum absolute atomic E-state index is 12.0. The van der Waals surface area contributed by atoms with Gasteiger partial charge in [-0.2, -0.15) is 4.68 Å². The maximum Gasteiger partial charge on any atom is 0.369 e. The number of aryl methyl sites for hydroxylation is 1. The van der Waals surface area contributed by atoms with Gasteiger partial charge in [-0.1, -0.05) is 11.3 Å². The minimum atomic E-state index is -0.476. The Labute approximate surface area is 129 Å². The third-order valence-electron chi connectivity index (χ3n) is 2.69. The Balaban J connectivity index is 2.02. The second-order valence-electron chi connectivity index (χ2n) is 4.00. The minimum absolute atomic E-state index is 0.0221. The van der Waals surface area contributed by atoms with Crippen molar-refractivity contribution in [2.75, 3.05) is 0 Å². The lowest BCUT2D eigenvalue weighted by Gasteiger charge is -2.08. The Morgan fingerprint density at radius 1 is 1.45 bits per heavy atom. The first kappa shape index (κ1) is 12.7. The van der Waals surface area contributed by atoms with Gasteiger partial charge in [-0.25, -0.2) is 19.7 Å². The highest BCUT2D eigenvalue weighted by Crippen LogP contribution is 2.18. The molecule has 0 aromatic carbocycles. The fourth-order valence-electron chi connectivity index (χ4n) is 1.67. The van der Waals surface area contributed by atoms with E-state index in [1.807, 2.05) is 0 Å². The van der Waals surface area contributed by atoms with Crippen molar-refractivity contribution in [3.63, 3.8) is 0 Å². The summed E-state index contributed by atoms with van der Waals surface area (Å²) in [6.07, 6.45) is 6.79. The van der Waals surface area contributed by atoms with E-state index in [4.69, 9.17) is 12.5 Å². The molecule has 3 aromatic heterocycles. The Bertz CT molecular complexity index is 955. The number of hydrogen-bond acceptors (Lipinski definition) is 8. The van der Waals surface area contributed by atoms with Crippen LogP contribution in [0, 0.1) is 12.3 Å². The molecule has 22 heavy (non-hydrogen) atoms. The largest absolute Gasteiger partial charge is 0.465 e. The van der Waals surface area contributed by atoms with Crippen LogP contribution < -0.4 is 10.4 Å². The Kier molecular flexibility index (Phi) is 3.31. The van der Waals surface area contributed by atoms with Gasteiger partial charge in [-0.15, -0.1) is 11.1 Å². The van der Waals surface area contributed by atoms with Gasteiger partial charge in [0.15, 0.2) is 5.82 Å². The SMILES string of the molecule is [3H]c1csc(OCc2c(C#C)ncnc2-n2nnn(C)c2=O)n1. The van der Waals surface area contributed by atoms with Crippen molar-refractivity contribution < 1.29 is 6.11 Å². The summed E-state index contributed by atoms with van der Waals surface area (Å²) in [5.41, 5.74) is 0.199. The third-order valence-corrected chi connectivity index (χ3v) is 3.32. The molecule has 0 aliphatic rings. The van der Waals surface area contributed by atoms with Crippen molar-refractivity contribution in [2.45, 2.75) is 6.61 Å². The average Bonchev–Trinajstić information content (AvgIpc) is 3.11. The van der Waals surface area contributed by atoms with Crippen LogP contribution in [0.15, 0.2) is 22.7 Å². The third kappa shape index (κ3) is 2.45. The molecule has 10 heteroatoms. The lowest BCUT2D eigenvalue weighted by Crippen LogP contribution is -2.24. The van der Waals surface area contributed by atoms with E-state index in [1.54, 1.807) is 0 Å². The van der Waals surface area contributed by atoms with Crippen molar-refractivity contribution in [1.29, 1.82) is 0 Å². The van der Waals surface area contributed by atoms with E-state index in [-0.39, 0.29) is 24.3 Å². The van der Waals surface area contributed by atoms with E-state index in [0.717, 1.165) is 9.36 Å². The highest BCUT2D eigenvalue weighted by Gasteiger charge is 2.17. The van der Waals surface area contributed by atoms with Crippen molar-refractivity contribution in [3.8, 4) is 23.4 Å². The van der Waals surface area contributed by atoms with E-state index >= 15 is 0 Å². The Morgan fingerprint density at radius 3 is 2.95 bits per heavy atom. The zero-order valence-corrected chi connectivity index (χ0v) is 12.1.